The second-order valence-corrected chi connectivity index (χ2v) is 5.53. The van der Waals surface area contributed by atoms with Crippen LogP contribution in [0.2, 0.25) is 0 Å². The average molecular weight is 199 g/mol. The Labute approximate surface area is 78.9 Å². The SMILES string of the molecule is CS(C)(=O)=NOCc1ccccc1. The maximum absolute atomic E-state index is 11.1. The molecule has 13 heavy (non-hydrogen) atoms. The quantitative estimate of drug-likeness (QED) is 0.697. The molecule has 72 valence electrons. The van der Waals surface area contributed by atoms with E-state index >= 15 is 0 Å². The second-order valence-electron chi connectivity index (χ2n) is 3.01. The van der Waals surface area contributed by atoms with Crippen molar-refractivity contribution in [1.82, 2.24) is 0 Å². The number of nitrogens with zero attached hydrogens (tertiary/aromatic N) is 1. The Morgan fingerprint density at radius 2 is 1.92 bits per heavy atom. The number of benzene rings is 1. The van der Waals surface area contributed by atoms with E-state index in [1.54, 1.807) is 0 Å². The van der Waals surface area contributed by atoms with Crippen LogP contribution in [0, 0.1) is 0 Å². The summed E-state index contributed by atoms with van der Waals surface area (Å²) in [5, 5.41) is 0. The summed E-state index contributed by atoms with van der Waals surface area (Å²) in [5.74, 6) is 0. The van der Waals surface area contributed by atoms with Gasteiger partial charge in [0, 0.05) is 12.5 Å². The van der Waals surface area contributed by atoms with E-state index in [1.807, 2.05) is 30.3 Å². The lowest BCUT2D eigenvalue weighted by atomic mass is 10.2. The van der Waals surface area contributed by atoms with Gasteiger partial charge >= 0.3 is 0 Å². The highest BCUT2D eigenvalue weighted by molar-refractivity contribution is 7.92. The number of hydrogen-bond donors (Lipinski definition) is 0. The van der Waals surface area contributed by atoms with E-state index in [4.69, 9.17) is 4.84 Å². The van der Waals surface area contributed by atoms with Crippen LogP contribution in [0.1, 0.15) is 5.56 Å². The molecule has 0 fully saturated rings. The van der Waals surface area contributed by atoms with E-state index in [-0.39, 0.29) is 0 Å². The van der Waals surface area contributed by atoms with E-state index < -0.39 is 9.73 Å². The standard InChI is InChI=1S/C9H13NO2S/c1-13(2,11)10-12-8-9-6-4-3-5-7-9/h3-7H,8H2,1-2H3. The lowest BCUT2D eigenvalue weighted by Crippen LogP contribution is -1.94. The molecule has 0 heterocycles. The molecule has 1 aromatic rings. The van der Waals surface area contributed by atoms with Crippen LogP contribution in [0.5, 0.6) is 0 Å². The Hall–Kier alpha value is -0.870. The molecule has 1 rings (SSSR count). The first-order valence-electron chi connectivity index (χ1n) is 3.90. The molecule has 0 aliphatic carbocycles. The number of rotatable bonds is 3. The van der Waals surface area contributed by atoms with Gasteiger partial charge in [-0.05, 0) is 5.56 Å². The monoisotopic (exact) mass is 199 g/mol. The molecule has 0 aromatic heterocycles. The summed E-state index contributed by atoms with van der Waals surface area (Å²) in [6, 6.07) is 9.65. The maximum Gasteiger partial charge on any atom is 0.103 e. The zero-order valence-corrected chi connectivity index (χ0v) is 8.58. The lowest BCUT2D eigenvalue weighted by Gasteiger charge is -1.98. The van der Waals surface area contributed by atoms with Crippen LogP contribution in [0.25, 0.3) is 0 Å². The molecule has 0 saturated heterocycles. The fourth-order valence-electron chi connectivity index (χ4n) is 0.802. The van der Waals surface area contributed by atoms with Gasteiger partial charge in [0.05, 0.1) is 9.73 Å². The van der Waals surface area contributed by atoms with Crippen molar-refractivity contribution in [2.75, 3.05) is 12.5 Å². The highest BCUT2D eigenvalue weighted by Gasteiger charge is 1.92. The highest BCUT2D eigenvalue weighted by Crippen LogP contribution is 2.01. The van der Waals surface area contributed by atoms with Crippen LogP contribution in [0.4, 0.5) is 0 Å². The van der Waals surface area contributed by atoms with Crippen LogP contribution in [0.15, 0.2) is 34.9 Å². The average Bonchev–Trinajstić information content (AvgIpc) is 2.04. The molecule has 0 unspecified atom stereocenters. The third-order valence-corrected chi connectivity index (χ3v) is 1.77. The van der Waals surface area contributed by atoms with Crippen molar-refractivity contribution in [3.63, 3.8) is 0 Å². The van der Waals surface area contributed by atoms with E-state index in [1.165, 1.54) is 12.5 Å². The minimum Gasteiger partial charge on any atom is -0.248 e. The van der Waals surface area contributed by atoms with E-state index in [2.05, 4.69) is 4.53 Å². The van der Waals surface area contributed by atoms with Crippen LogP contribution >= 0.6 is 0 Å². The Morgan fingerprint density at radius 3 is 2.46 bits per heavy atom. The van der Waals surface area contributed by atoms with Crippen molar-refractivity contribution in [2.24, 2.45) is 4.53 Å². The van der Waals surface area contributed by atoms with Gasteiger partial charge in [0.15, 0.2) is 0 Å². The van der Waals surface area contributed by atoms with Crippen molar-refractivity contribution in [3.05, 3.63) is 35.9 Å². The molecule has 0 atom stereocenters. The van der Waals surface area contributed by atoms with Crippen molar-refractivity contribution in [2.45, 2.75) is 6.61 Å². The first-order chi connectivity index (χ1) is 6.08. The zero-order chi connectivity index (χ0) is 9.73. The van der Waals surface area contributed by atoms with Gasteiger partial charge in [-0.15, -0.1) is 0 Å². The van der Waals surface area contributed by atoms with Crippen molar-refractivity contribution < 1.29 is 9.05 Å². The third-order valence-electron chi connectivity index (χ3n) is 1.31. The van der Waals surface area contributed by atoms with Gasteiger partial charge in [0.2, 0.25) is 0 Å². The first kappa shape index (κ1) is 10.2. The van der Waals surface area contributed by atoms with Crippen molar-refractivity contribution >= 4 is 9.73 Å². The van der Waals surface area contributed by atoms with Crippen LogP contribution in [0.3, 0.4) is 0 Å². The summed E-state index contributed by atoms with van der Waals surface area (Å²) >= 11 is 0. The minimum absolute atomic E-state index is 0.375. The fourth-order valence-corrected chi connectivity index (χ4v) is 1.11. The topological polar surface area (TPSA) is 38.7 Å². The maximum atomic E-state index is 11.1. The molecular weight excluding hydrogens is 186 g/mol. The van der Waals surface area contributed by atoms with Gasteiger partial charge in [0.1, 0.15) is 6.61 Å². The summed E-state index contributed by atoms with van der Waals surface area (Å²) in [4.78, 5) is 4.93. The van der Waals surface area contributed by atoms with Crippen LogP contribution < -0.4 is 0 Å². The molecule has 3 nitrogen and oxygen atoms in total. The number of hydrogen-bond acceptors (Lipinski definition) is 3. The Balaban J connectivity index is 2.50. The van der Waals surface area contributed by atoms with Gasteiger partial charge in [-0.25, -0.2) is 9.05 Å². The smallest absolute Gasteiger partial charge is 0.103 e. The second kappa shape index (κ2) is 4.39. The normalized spacial score (nSPS) is 11.2. The zero-order valence-electron chi connectivity index (χ0n) is 7.77. The minimum atomic E-state index is -2.14. The molecule has 0 aliphatic heterocycles. The molecular formula is C9H13NO2S. The summed E-state index contributed by atoms with van der Waals surface area (Å²) in [6.07, 6.45) is 3.08. The van der Waals surface area contributed by atoms with Gasteiger partial charge in [0.25, 0.3) is 0 Å². The molecule has 0 radical (unpaired) electrons. The Morgan fingerprint density at radius 1 is 1.31 bits per heavy atom. The molecule has 4 heteroatoms. The summed E-state index contributed by atoms with van der Waals surface area (Å²) in [5.41, 5.74) is 1.02. The van der Waals surface area contributed by atoms with Gasteiger partial charge in [-0.1, -0.05) is 34.9 Å². The molecule has 0 amide bonds. The van der Waals surface area contributed by atoms with Gasteiger partial charge in [-0.2, -0.15) is 0 Å². The van der Waals surface area contributed by atoms with E-state index in [9.17, 15) is 4.21 Å². The summed E-state index contributed by atoms with van der Waals surface area (Å²) < 4.78 is 14.7. The highest BCUT2D eigenvalue weighted by atomic mass is 32.2. The van der Waals surface area contributed by atoms with Gasteiger partial charge in [-0.3, -0.25) is 0 Å². The van der Waals surface area contributed by atoms with Crippen molar-refractivity contribution in [3.8, 4) is 0 Å². The van der Waals surface area contributed by atoms with E-state index in [0.717, 1.165) is 5.56 Å². The van der Waals surface area contributed by atoms with Gasteiger partial charge < -0.3 is 0 Å². The van der Waals surface area contributed by atoms with E-state index in [0.29, 0.717) is 6.61 Å². The van der Waals surface area contributed by atoms with Crippen molar-refractivity contribution in [1.29, 1.82) is 0 Å². The third kappa shape index (κ3) is 4.65. The molecule has 0 saturated carbocycles. The van der Waals surface area contributed by atoms with Crippen LogP contribution in [-0.2, 0) is 21.2 Å². The molecule has 0 N–H and O–H groups in total. The lowest BCUT2D eigenvalue weighted by molar-refractivity contribution is 0.135. The summed E-state index contributed by atoms with van der Waals surface area (Å²) in [6.45, 7) is 0.375. The largest absolute Gasteiger partial charge is 0.248 e. The molecule has 0 aliphatic rings. The predicted octanol–water partition coefficient (Wildman–Crippen LogP) is 1.85. The fraction of sp³-hybridized carbons (Fsp3) is 0.333. The molecule has 0 spiro atoms. The molecule has 0 bridgehead atoms. The van der Waals surface area contributed by atoms with Crippen LogP contribution in [-0.4, -0.2) is 16.7 Å². The molecule has 1 aromatic carbocycles. The Bertz CT molecular complexity index is 358. The first-order valence-corrected chi connectivity index (χ1v) is 6.23. The summed E-state index contributed by atoms with van der Waals surface area (Å²) in [7, 11) is -2.14. The predicted molar refractivity (Wildman–Crippen MR) is 53.6 cm³/mol. The Kier molecular flexibility index (Phi) is 3.45.